The van der Waals surface area contributed by atoms with E-state index in [9.17, 15) is 9.59 Å². The van der Waals surface area contributed by atoms with E-state index in [0.717, 1.165) is 62.1 Å². The van der Waals surface area contributed by atoms with Crippen molar-refractivity contribution in [1.82, 2.24) is 0 Å². The number of hydrogen-bond donors (Lipinski definition) is 2. The zero-order chi connectivity index (χ0) is 20.2. The molecule has 1 amide bonds. The summed E-state index contributed by atoms with van der Waals surface area (Å²) in [6.45, 7) is 0. The van der Waals surface area contributed by atoms with E-state index in [1.807, 2.05) is 24.3 Å². The van der Waals surface area contributed by atoms with Gasteiger partial charge in [0.25, 0.3) is 0 Å². The second kappa shape index (κ2) is 8.85. The van der Waals surface area contributed by atoms with Crippen molar-refractivity contribution in [1.29, 1.82) is 0 Å². The lowest BCUT2D eigenvalue weighted by Crippen LogP contribution is -2.25. The zero-order valence-corrected chi connectivity index (χ0v) is 16.9. The van der Waals surface area contributed by atoms with E-state index in [1.54, 1.807) is 6.07 Å². The van der Waals surface area contributed by atoms with Gasteiger partial charge in [0.05, 0.1) is 17.3 Å². The first-order chi connectivity index (χ1) is 14.1. The van der Waals surface area contributed by atoms with E-state index in [1.165, 1.54) is 12.8 Å². The van der Waals surface area contributed by atoms with Gasteiger partial charge in [-0.05, 0) is 25.7 Å². The molecule has 2 aliphatic rings. The quantitative estimate of drug-likeness (QED) is 0.412. The van der Waals surface area contributed by atoms with E-state index in [0.29, 0.717) is 17.1 Å². The van der Waals surface area contributed by atoms with Gasteiger partial charge >= 0.3 is 5.97 Å². The van der Waals surface area contributed by atoms with Crippen LogP contribution in [-0.2, 0) is 9.59 Å². The number of carbonyl (C=O) groups excluding carboxylic acids is 2. The minimum atomic E-state index is -0.173. The molecule has 0 saturated heterocycles. The Balaban J connectivity index is 1.60. The number of benzene rings is 2. The maximum atomic E-state index is 12.8. The molecule has 2 fully saturated rings. The predicted molar refractivity (Wildman–Crippen MR) is 116 cm³/mol. The minimum absolute atomic E-state index is 0.0329. The Labute approximate surface area is 172 Å². The normalized spacial score (nSPS) is 18.5. The van der Waals surface area contributed by atoms with Crippen LogP contribution in [0.2, 0.25) is 0 Å². The standard InChI is InChI=1S/C24H30N2O3/c25-20-15-21(29-24(28)17-11-5-2-6-12-17)18-13-7-8-14-19(18)22(20)26-23(27)16-9-3-1-4-10-16/h7-8,13-17H,1-6,9-12,25H2,(H,26,27). The van der Waals surface area contributed by atoms with Crippen molar-refractivity contribution in [2.24, 2.45) is 11.8 Å². The number of nitrogen functional groups attached to an aromatic ring is 1. The molecule has 2 aromatic rings. The molecular weight excluding hydrogens is 364 g/mol. The van der Waals surface area contributed by atoms with Gasteiger partial charge in [0.1, 0.15) is 5.75 Å². The van der Waals surface area contributed by atoms with Gasteiger partial charge in [-0.1, -0.05) is 62.8 Å². The highest BCUT2D eigenvalue weighted by Gasteiger charge is 2.25. The van der Waals surface area contributed by atoms with Crippen molar-refractivity contribution in [3.8, 4) is 5.75 Å². The van der Waals surface area contributed by atoms with Crippen molar-refractivity contribution in [2.75, 3.05) is 11.1 Å². The Kier molecular flexibility index (Phi) is 6.02. The lowest BCUT2D eigenvalue weighted by Gasteiger charge is -2.23. The summed E-state index contributed by atoms with van der Waals surface area (Å²) >= 11 is 0. The fourth-order valence-electron chi connectivity index (χ4n) is 4.71. The second-order valence-electron chi connectivity index (χ2n) is 8.46. The predicted octanol–water partition coefficient (Wildman–Crippen LogP) is 5.43. The van der Waals surface area contributed by atoms with E-state index >= 15 is 0 Å². The first kappa shape index (κ1) is 19.7. The molecule has 0 spiro atoms. The highest BCUT2D eigenvalue weighted by molar-refractivity contribution is 6.09. The Hall–Kier alpha value is -2.56. The highest BCUT2D eigenvalue weighted by atomic mass is 16.5. The highest BCUT2D eigenvalue weighted by Crippen LogP contribution is 2.38. The molecule has 0 aromatic heterocycles. The minimum Gasteiger partial charge on any atom is -0.426 e. The summed E-state index contributed by atoms with van der Waals surface area (Å²) in [5, 5.41) is 4.67. The number of rotatable bonds is 4. The molecule has 2 aromatic carbocycles. The second-order valence-corrected chi connectivity index (χ2v) is 8.46. The molecule has 0 radical (unpaired) electrons. The van der Waals surface area contributed by atoms with Gasteiger partial charge in [-0.25, -0.2) is 0 Å². The number of anilines is 2. The maximum absolute atomic E-state index is 12.8. The van der Waals surface area contributed by atoms with Crippen molar-refractivity contribution in [3.63, 3.8) is 0 Å². The van der Waals surface area contributed by atoms with Gasteiger partial charge < -0.3 is 15.8 Å². The topological polar surface area (TPSA) is 81.4 Å². The van der Waals surface area contributed by atoms with Crippen LogP contribution in [0, 0.1) is 11.8 Å². The van der Waals surface area contributed by atoms with Crippen LogP contribution in [0.15, 0.2) is 30.3 Å². The molecule has 3 N–H and O–H groups in total. The average molecular weight is 395 g/mol. The Morgan fingerprint density at radius 1 is 0.862 bits per heavy atom. The molecule has 0 bridgehead atoms. The van der Waals surface area contributed by atoms with E-state index in [4.69, 9.17) is 10.5 Å². The van der Waals surface area contributed by atoms with Crippen molar-refractivity contribution < 1.29 is 14.3 Å². The molecule has 0 heterocycles. The van der Waals surface area contributed by atoms with Crippen LogP contribution in [0.1, 0.15) is 64.2 Å². The number of carbonyl (C=O) groups is 2. The van der Waals surface area contributed by atoms with Crippen LogP contribution in [0.4, 0.5) is 11.4 Å². The van der Waals surface area contributed by atoms with Crippen LogP contribution in [0.25, 0.3) is 10.8 Å². The van der Waals surface area contributed by atoms with E-state index < -0.39 is 0 Å². The lowest BCUT2D eigenvalue weighted by atomic mass is 9.88. The number of amides is 1. The molecule has 5 heteroatoms. The SMILES string of the molecule is Nc1cc(OC(=O)C2CCCCC2)c2ccccc2c1NC(=O)C1CCCCC1. The third kappa shape index (κ3) is 4.39. The number of fused-ring (bicyclic) bond motifs is 1. The third-order valence-corrected chi connectivity index (χ3v) is 6.41. The smallest absolute Gasteiger partial charge is 0.314 e. The van der Waals surface area contributed by atoms with Gasteiger partial charge in [0.15, 0.2) is 0 Å². The summed E-state index contributed by atoms with van der Waals surface area (Å²) in [6.07, 6.45) is 10.4. The molecule has 29 heavy (non-hydrogen) atoms. The zero-order valence-electron chi connectivity index (χ0n) is 16.9. The molecule has 2 saturated carbocycles. The first-order valence-electron chi connectivity index (χ1n) is 11.0. The Morgan fingerprint density at radius 2 is 1.45 bits per heavy atom. The number of esters is 1. The molecule has 0 aliphatic heterocycles. The number of nitrogens with one attached hydrogen (secondary N) is 1. The maximum Gasteiger partial charge on any atom is 0.314 e. The van der Waals surface area contributed by atoms with Crippen molar-refractivity contribution in [2.45, 2.75) is 64.2 Å². The number of ether oxygens (including phenoxy) is 1. The third-order valence-electron chi connectivity index (χ3n) is 6.41. The van der Waals surface area contributed by atoms with E-state index in [2.05, 4.69) is 5.32 Å². The van der Waals surface area contributed by atoms with Gasteiger partial charge in [-0.15, -0.1) is 0 Å². The summed E-state index contributed by atoms with van der Waals surface area (Å²) in [4.78, 5) is 25.4. The molecule has 0 atom stereocenters. The van der Waals surface area contributed by atoms with Crippen LogP contribution in [0.3, 0.4) is 0 Å². The lowest BCUT2D eigenvalue weighted by molar-refractivity contribution is -0.139. The van der Waals surface area contributed by atoms with Crippen LogP contribution >= 0.6 is 0 Å². The van der Waals surface area contributed by atoms with E-state index in [-0.39, 0.29) is 23.7 Å². The van der Waals surface area contributed by atoms with Gasteiger partial charge in [-0.3, -0.25) is 9.59 Å². The van der Waals surface area contributed by atoms with Crippen LogP contribution in [-0.4, -0.2) is 11.9 Å². The van der Waals surface area contributed by atoms with Crippen LogP contribution in [0.5, 0.6) is 5.75 Å². The Morgan fingerprint density at radius 3 is 2.10 bits per heavy atom. The largest absolute Gasteiger partial charge is 0.426 e. The summed E-state index contributed by atoms with van der Waals surface area (Å²) in [5.41, 5.74) is 7.36. The summed E-state index contributed by atoms with van der Waals surface area (Å²) in [5.74, 6) is 0.353. The molecule has 154 valence electrons. The fraction of sp³-hybridized carbons (Fsp3) is 0.500. The summed E-state index contributed by atoms with van der Waals surface area (Å²) in [6, 6.07) is 9.32. The molecule has 4 rings (SSSR count). The van der Waals surface area contributed by atoms with Crippen molar-refractivity contribution in [3.05, 3.63) is 30.3 Å². The summed E-state index contributed by atoms with van der Waals surface area (Å²) in [7, 11) is 0. The van der Waals surface area contributed by atoms with Gasteiger partial charge in [0, 0.05) is 22.8 Å². The molecular formula is C24H30N2O3. The Bertz CT molecular complexity index is 896. The van der Waals surface area contributed by atoms with Gasteiger partial charge in [0.2, 0.25) is 5.91 Å². The molecule has 0 unspecified atom stereocenters. The average Bonchev–Trinajstić information content (AvgIpc) is 2.77. The van der Waals surface area contributed by atoms with Crippen LogP contribution < -0.4 is 15.8 Å². The molecule has 5 nitrogen and oxygen atoms in total. The van der Waals surface area contributed by atoms with Crippen molar-refractivity contribution >= 4 is 34.0 Å². The fourth-order valence-corrected chi connectivity index (χ4v) is 4.71. The number of hydrogen-bond acceptors (Lipinski definition) is 4. The van der Waals surface area contributed by atoms with Gasteiger partial charge in [-0.2, -0.15) is 0 Å². The monoisotopic (exact) mass is 394 g/mol. The first-order valence-corrected chi connectivity index (χ1v) is 11.0. The summed E-state index contributed by atoms with van der Waals surface area (Å²) < 4.78 is 5.79. The number of nitrogens with two attached hydrogens (primary N) is 1. The molecule has 2 aliphatic carbocycles.